The van der Waals surface area contributed by atoms with Crippen molar-refractivity contribution >= 4 is 16.7 Å². The smallest absolute Gasteiger partial charge is 0.146 e. The number of nitriles is 1. The monoisotopic (exact) mass is 469 g/mol. The van der Waals surface area contributed by atoms with Crippen LogP contribution >= 0.6 is 0 Å². The third-order valence-electron chi connectivity index (χ3n) is 6.65. The number of nitrogens with one attached hydrogen (secondary N) is 1. The Bertz CT molecular complexity index is 1400. The van der Waals surface area contributed by atoms with Gasteiger partial charge in [-0.1, -0.05) is 0 Å². The molecular weight excluding hydrogens is 442 g/mol. The standard InChI is InChI=1S/C26H27N7O2/c1-15-12-29-30-16(2)24(15)17(3)35-21-6-7-23-22(10-21)25(32-31-23)19-9-18(11-27)26(28-13-19)33-8-4-5-20(33)14-34/h6-7,9-10,12-13,17,20,34H,4-5,8,14H2,1-3H3,(H,31,32)/t17-,20+/m1/s1. The Morgan fingerprint density at radius 2 is 2.14 bits per heavy atom. The first-order valence-electron chi connectivity index (χ1n) is 11.7. The zero-order chi connectivity index (χ0) is 24.5. The Balaban J connectivity index is 1.48. The molecule has 9 nitrogen and oxygen atoms in total. The number of fused-ring (bicyclic) bond motifs is 1. The molecule has 0 unspecified atom stereocenters. The number of anilines is 1. The fourth-order valence-electron chi connectivity index (χ4n) is 4.98. The lowest BCUT2D eigenvalue weighted by atomic mass is 10.0. The van der Waals surface area contributed by atoms with Gasteiger partial charge in [0.1, 0.15) is 29.4 Å². The van der Waals surface area contributed by atoms with Crippen molar-refractivity contribution in [3.05, 3.63) is 59.0 Å². The molecule has 2 N–H and O–H groups in total. The van der Waals surface area contributed by atoms with E-state index in [1.54, 1.807) is 12.4 Å². The van der Waals surface area contributed by atoms with Crippen LogP contribution in [0.15, 0.2) is 36.7 Å². The van der Waals surface area contributed by atoms with E-state index in [1.165, 1.54) is 0 Å². The number of hydrogen-bond donors (Lipinski definition) is 2. The van der Waals surface area contributed by atoms with Gasteiger partial charge in [-0.2, -0.15) is 20.6 Å². The summed E-state index contributed by atoms with van der Waals surface area (Å²) in [6, 6.07) is 9.88. The molecule has 0 amide bonds. The maximum absolute atomic E-state index is 9.83. The van der Waals surface area contributed by atoms with E-state index in [0.717, 1.165) is 52.7 Å². The lowest BCUT2D eigenvalue weighted by Crippen LogP contribution is -2.33. The summed E-state index contributed by atoms with van der Waals surface area (Å²) in [7, 11) is 0. The van der Waals surface area contributed by atoms with Crippen LogP contribution in [0.25, 0.3) is 22.2 Å². The topological polar surface area (TPSA) is 124 Å². The van der Waals surface area contributed by atoms with Crippen molar-refractivity contribution < 1.29 is 9.84 Å². The average Bonchev–Trinajstić information content (AvgIpc) is 3.50. The van der Waals surface area contributed by atoms with Crippen molar-refractivity contribution in [3.63, 3.8) is 0 Å². The fraction of sp³-hybridized carbons (Fsp3) is 0.346. The molecule has 1 saturated heterocycles. The van der Waals surface area contributed by atoms with Crippen LogP contribution in [0.1, 0.15) is 48.3 Å². The van der Waals surface area contributed by atoms with E-state index in [1.807, 2.05) is 49.9 Å². The summed E-state index contributed by atoms with van der Waals surface area (Å²) >= 11 is 0. The third-order valence-corrected chi connectivity index (χ3v) is 6.65. The molecule has 1 aliphatic heterocycles. The number of nitrogens with zero attached hydrogens (tertiary/aromatic N) is 6. The van der Waals surface area contributed by atoms with Crippen LogP contribution in [-0.2, 0) is 0 Å². The molecule has 0 radical (unpaired) electrons. The van der Waals surface area contributed by atoms with E-state index >= 15 is 0 Å². The molecule has 5 rings (SSSR count). The van der Waals surface area contributed by atoms with E-state index < -0.39 is 0 Å². The molecule has 1 aromatic carbocycles. The lowest BCUT2D eigenvalue weighted by Gasteiger charge is -2.25. The van der Waals surface area contributed by atoms with Crippen LogP contribution in [0, 0.1) is 25.2 Å². The van der Waals surface area contributed by atoms with Crippen LogP contribution in [0.2, 0.25) is 0 Å². The van der Waals surface area contributed by atoms with E-state index in [2.05, 4.69) is 31.4 Å². The highest BCUT2D eigenvalue weighted by Crippen LogP contribution is 2.34. The van der Waals surface area contributed by atoms with E-state index in [4.69, 9.17) is 4.74 Å². The van der Waals surface area contributed by atoms with Gasteiger partial charge in [-0.3, -0.25) is 5.10 Å². The maximum atomic E-state index is 9.83. The first-order chi connectivity index (χ1) is 17.0. The molecule has 1 fully saturated rings. The number of benzene rings is 1. The molecule has 4 heterocycles. The number of aromatic amines is 1. The number of aliphatic hydroxyl groups is 1. The van der Waals surface area contributed by atoms with Gasteiger partial charge in [0.15, 0.2) is 0 Å². The van der Waals surface area contributed by atoms with Crippen LogP contribution in [-0.4, -0.2) is 49.7 Å². The first-order valence-corrected chi connectivity index (χ1v) is 11.7. The van der Waals surface area contributed by atoms with Gasteiger partial charge in [-0.05, 0) is 63.4 Å². The normalized spacial score (nSPS) is 16.4. The minimum atomic E-state index is -0.204. The van der Waals surface area contributed by atoms with Gasteiger partial charge in [-0.25, -0.2) is 4.98 Å². The van der Waals surface area contributed by atoms with Gasteiger partial charge in [0.05, 0.1) is 35.6 Å². The molecule has 9 heteroatoms. The predicted octanol–water partition coefficient (Wildman–Crippen LogP) is 4.00. The van der Waals surface area contributed by atoms with Crippen LogP contribution in [0.3, 0.4) is 0 Å². The fourth-order valence-corrected chi connectivity index (χ4v) is 4.98. The van der Waals surface area contributed by atoms with Gasteiger partial charge in [0.2, 0.25) is 0 Å². The van der Waals surface area contributed by atoms with Gasteiger partial charge < -0.3 is 14.7 Å². The highest BCUT2D eigenvalue weighted by molar-refractivity contribution is 5.94. The van der Waals surface area contributed by atoms with Gasteiger partial charge in [0, 0.05) is 29.3 Å². The molecule has 2 atom stereocenters. The van der Waals surface area contributed by atoms with Crippen LogP contribution < -0.4 is 9.64 Å². The number of hydrogen-bond acceptors (Lipinski definition) is 8. The number of ether oxygens (including phenoxy) is 1. The van der Waals surface area contributed by atoms with E-state index in [9.17, 15) is 10.4 Å². The zero-order valence-corrected chi connectivity index (χ0v) is 20.0. The highest BCUT2D eigenvalue weighted by Gasteiger charge is 2.27. The van der Waals surface area contributed by atoms with Gasteiger partial charge in [0.25, 0.3) is 0 Å². The maximum Gasteiger partial charge on any atom is 0.146 e. The molecule has 35 heavy (non-hydrogen) atoms. The van der Waals surface area contributed by atoms with Crippen molar-refractivity contribution in [2.24, 2.45) is 0 Å². The van der Waals surface area contributed by atoms with E-state index in [-0.39, 0.29) is 18.8 Å². The molecule has 4 aromatic rings. The number of H-pyrrole nitrogens is 1. The molecule has 1 aliphatic rings. The van der Waals surface area contributed by atoms with Crippen LogP contribution in [0.5, 0.6) is 5.75 Å². The molecule has 0 spiro atoms. The second kappa shape index (κ2) is 9.31. The summed E-state index contributed by atoms with van der Waals surface area (Å²) < 4.78 is 6.28. The average molecular weight is 470 g/mol. The van der Waals surface area contributed by atoms with Gasteiger partial charge in [-0.15, -0.1) is 0 Å². The molecule has 0 saturated carbocycles. The number of aryl methyl sites for hydroxylation is 2. The molecule has 3 aromatic heterocycles. The summed E-state index contributed by atoms with van der Waals surface area (Å²) in [6.07, 6.45) is 5.14. The summed E-state index contributed by atoms with van der Waals surface area (Å²) in [5.74, 6) is 1.32. The lowest BCUT2D eigenvalue weighted by molar-refractivity contribution is 0.225. The summed E-state index contributed by atoms with van der Waals surface area (Å²) in [6.45, 7) is 6.76. The minimum Gasteiger partial charge on any atom is -0.486 e. The zero-order valence-electron chi connectivity index (χ0n) is 20.0. The molecular formula is C26H27N7O2. The number of pyridine rings is 1. The predicted molar refractivity (Wildman–Crippen MR) is 132 cm³/mol. The molecule has 0 aliphatic carbocycles. The molecule has 0 bridgehead atoms. The van der Waals surface area contributed by atoms with Crippen molar-refractivity contribution in [2.75, 3.05) is 18.1 Å². The Morgan fingerprint density at radius 3 is 2.91 bits per heavy atom. The minimum absolute atomic E-state index is 0.00349. The number of rotatable bonds is 6. The molecule has 178 valence electrons. The second-order valence-corrected chi connectivity index (χ2v) is 8.95. The SMILES string of the molecule is Cc1cnnc(C)c1[C@@H](C)Oc1ccc2[nH]nc(-c3cnc(N4CCC[C@H]4CO)c(C#N)c3)c2c1. The van der Waals surface area contributed by atoms with Crippen LogP contribution in [0.4, 0.5) is 5.82 Å². The van der Waals surface area contributed by atoms with Crippen molar-refractivity contribution in [2.45, 2.75) is 45.8 Å². The van der Waals surface area contributed by atoms with Crippen molar-refractivity contribution in [1.82, 2.24) is 25.4 Å². The third kappa shape index (κ3) is 4.17. The Hall–Kier alpha value is -4.03. The van der Waals surface area contributed by atoms with Gasteiger partial charge >= 0.3 is 0 Å². The van der Waals surface area contributed by atoms with Crippen molar-refractivity contribution in [3.8, 4) is 23.1 Å². The first kappa shape index (κ1) is 22.7. The van der Waals surface area contributed by atoms with Crippen molar-refractivity contribution in [1.29, 1.82) is 5.26 Å². The Labute approximate surface area is 203 Å². The number of aliphatic hydroxyl groups excluding tert-OH is 1. The Morgan fingerprint density at radius 1 is 1.29 bits per heavy atom. The summed E-state index contributed by atoms with van der Waals surface area (Å²) in [5.41, 5.74) is 5.68. The largest absolute Gasteiger partial charge is 0.486 e. The summed E-state index contributed by atoms with van der Waals surface area (Å²) in [4.78, 5) is 6.64. The number of aromatic nitrogens is 5. The summed E-state index contributed by atoms with van der Waals surface area (Å²) in [5, 5.41) is 36.1. The quantitative estimate of drug-likeness (QED) is 0.434. The van der Waals surface area contributed by atoms with E-state index in [0.29, 0.717) is 22.8 Å². The Kier molecular flexibility index (Phi) is 6.05. The second-order valence-electron chi connectivity index (χ2n) is 8.95. The highest BCUT2D eigenvalue weighted by atomic mass is 16.5.